The molecule has 17 heavy (non-hydrogen) atoms. The maximum Gasteiger partial charge on any atom is 0.187 e. The Morgan fingerprint density at radius 1 is 1.41 bits per heavy atom. The van der Waals surface area contributed by atoms with Gasteiger partial charge in [-0.1, -0.05) is 6.92 Å². The second kappa shape index (κ2) is 4.82. The first-order valence-corrected chi connectivity index (χ1v) is 5.43. The molecule has 2 N–H and O–H groups in total. The molecule has 6 nitrogen and oxygen atoms in total. The van der Waals surface area contributed by atoms with Crippen LogP contribution in [0, 0.1) is 0 Å². The number of rotatable bonds is 4. The first-order chi connectivity index (χ1) is 8.26. The molecule has 2 rings (SSSR count). The molecule has 0 radical (unpaired) electrons. The average molecular weight is 233 g/mol. The Labute approximate surface area is 99.4 Å². The molecule has 6 heteroatoms. The number of ether oxygens (including phenoxy) is 1. The standard InChI is InChI=1S/C11H15N5O/c1-3-4-16-6-8(5-15-16)9-10(17-2)11(12)14-7-13-9/h5-7H,3-4H2,1-2H3,(H2,12,13,14). The van der Waals surface area contributed by atoms with E-state index in [1.807, 2.05) is 10.9 Å². The van der Waals surface area contributed by atoms with Crippen molar-refractivity contribution < 1.29 is 4.74 Å². The van der Waals surface area contributed by atoms with Crippen LogP contribution in [0.25, 0.3) is 11.3 Å². The van der Waals surface area contributed by atoms with Crippen molar-refractivity contribution in [3.05, 3.63) is 18.7 Å². The molecule has 0 spiro atoms. The Morgan fingerprint density at radius 3 is 2.94 bits per heavy atom. The van der Waals surface area contributed by atoms with Crippen molar-refractivity contribution in [2.24, 2.45) is 0 Å². The number of hydrogen-bond acceptors (Lipinski definition) is 5. The van der Waals surface area contributed by atoms with Crippen LogP contribution in [-0.2, 0) is 6.54 Å². The highest BCUT2D eigenvalue weighted by Crippen LogP contribution is 2.30. The molecule has 0 aliphatic rings. The van der Waals surface area contributed by atoms with Gasteiger partial charge in [-0.05, 0) is 6.42 Å². The minimum Gasteiger partial charge on any atom is -0.491 e. The molecular weight excluding hydrogens is 218 g/mol. The van der Waals surface area contributed by atoms with Gasteiger partial charge < -0.3 is 10.5 Å². The van der Waals surface area contributed by atoms with E-state index >= 15 is 0 Å². The summed E-state index contributed by atoms with van der Waals surface area (Å²) in [6, 6.07) is 0. The van der Waals surface area contributed by atoms with E-state index in [9.17, 15) is 0 Å². The van der Waals surface area contributed by atoms with E-state index in [2.05, 4.69) is 22.0 Å². The monoisotopic (exact) mass is 233 g/mol. The fourth-order valence-electron chi connectivity index (χ4n) is 1.63. The van der Waals surface area contributed by atoms with Gasteiger partial charge in [0.2, 0.25) is 0 Å². The van der Waals surface area contributed by atoms with Crippen LogP contribution in [0.2, 0.25) is 0 Å². The van der Waals surface area contributed by atoms with E-state index in [0.29, 0.717) is 17.3 Å². The van der Waals surface area contributed by atoms with Gasteiger partial charge in [-0.15, -0.1) is 0 Å². The van der Waals surface area contributed by atoms with Crippen molar-refractivity contribution in [2.75, 3.05) is 12.8 Å². The van der Waals surface area contributed by atoms with E-state index in [1.165, 1.54) is 6.33 Å². The van der Waals surface area contributed by atoms with E-state index in [1.54, 1.807) is 13.3 Å². The van der Waals surface area contributed by atoms with Crippen LogP contribution >= 0.6 is 0 Å². The molecule has 90 valence electrons. The van der Waals surface area contributed by atoms with Gasteiger partial charge >= 0.3 is 0 Å². The topological polar surface area (TPSA) is 78.9 Å². The molecule has 0 bridgehead atoms. The quantitative estimate of drug-likeness (QED) is 0.862. The molecule has 0 saturated heterocycles. The van der Waals surface area contributed by atoms with Crippen LogP contribution in [0.5, 0.6) is 5.75 Å². The Kier molecular flexibility index (Phi) is 3.22. The lowest BCUT2D eigenvalue weighted by atomic mass is 10.2. The van der Waals surface area contributed by atoms with Crippen LogP contribution in [0.4, 0.5) is 5.82 Å². The first-order valence-electron chi connectivity index (χ1n) is 5.43. The normalized spacial score (nSPS) is 10.5. The zero-order valence-corrected chi connectivity index (χ0v) is 9.92. The molecule has 0 aliphatic carbocycles. The lowest BCUT2D eigenvalue weighted by Crippen LogP contribution is -1.99. The highest BCUT2D eigenvalue weighted by molar-refractivity contribution is 5.70. The number of anilines is 1. The molecule has 0 atom stereocenters. The molecule has 0 saturated carbocycles. The van der Waals surface area contributed by atoms with Crippen molar-refractivity contribution in [1.29, 1.82) is 0 Å². The maximum atomic E-state index is 5.73. The SMILES string of the molecule is CCCn1cc(-c2ncnc(N)c2OC)cn1. The summed E-state index contributed by atoms with van der Waals surface area (Å²) in [5.74, 6) is 0.823. The number of aromatic nitrogens is 4. The van der Waals surface area contributed by atoms with Crippen molar-refractivity contribution in [3.63, 3.8) is 0 Å². The lowest BCUT2D eigenvalue weighted by molar-refractivity contribution is 0.415. The number of nitrogens with zero attached hydrogens (tertiary/aromatic N) is 4. The van der Waals surface area contributed by atoms with E-state index < -0.39 is 0 Å². The van der Waals surface area contributed by atoms with Crippen LogP contribution in [0.1, 0.15) is 13.3 Å². The summed E-state index contributed by atoms with van der Waals surface area (Å²) in [6.45, 7) is 2.98. The average Bonchev–Trinajstić information content (AvgIpc) is 2.78. The summed E-state index contributed by atoms with van der Waals surface area (Å²) in [7, 11) is 1.55. The largest absolute Gasteiger partial charge is 0.491 e. The summed E-state index contributed by atoms with van der Waals surface area (Å²) >= 11 is 0. The third-order valence-electron chi connectivity index (χ3n) is 2.39. The number of nitrogen functional groups attached to an aromatic ring is 1. The van der Waals surface area contributed by atoms with Gasteiger partial charge in [-0.2, -0.15) is 5.10 Å². The van der Waals surface area contributed by atoms with Gasteiger partial charge in [0, 0.05) is 18.3 Å². The second-order valence-corrected chi connectivity index (χ2v) is 3.63. The fourth-order valence-corrected chi connectivity index (χ4v) is 1.63. The summed E-state index contributed by atoms with van der Waals surface area (Å²) in [4.78, 5) is 8.08. The highest BCUT2D eigenvalue weighted by Gasteiger charge is 2.13. The minimum absolute atomic E-state index is 0.334. The lowest BCUT2D eigenvalue weighted by Gasteiger charge is -2.06. The number of aryl methyl sites for hydroxylation is 1. The Morgan fingerprint density at radius 2 is 2.24 bits per heavy atom. The number of nitrogens with two attached hydrogens (primary N) is 1. The predicted molar refractivity (Wildman–Crippen MR) is 64.5 cm³/mol. The highest BCUT2D eigenvalue weighted by atomic mass is 16.5. The van der Waals surface area contributed by atoms with Gasteiger partial charge in [-0.25, -0.2) is 9.97 Å². The van der Waals surface area contributed by atoms with Crippen molar-refractivity contribution in [1.82, 2.24) is 19.7 Å². The Hall–Kier alpha value is -2.11. The smallest absolute Gasteiger partial charge is 0.187 e. The summed E-state index contributed by atoms with van der Waals surface area (Å²) < 4.78 is 7.08. The van der Waals surface area contributed by atoms with Gasteiger partial charge in [0.15, 0.2) is 11.6 Å². The molecule has 2 heterocycles. The number of methoxy groups -OCH3 is 1. The van der Waals surface area contributed by atoms with Crippen molar-refractivity contribution >= 4 is 5.82 Å². The Balaban J connectivity index is 2.41. The number of hydrogen-bond donors (Lipinski definition) is 1. The molecule has 0 unspecified atom stereocenters. The summed E-state index contributed by atoms with van der Waals surface area (Å²) in [6.07, 6.45) is 6.13. The second-order valence-electron chi connectivity index (χ2n) is 3.63. The van der Waals surface area contributed by atoms with Gasteiger partial charge in [0.1, 0.15) is 12.0 Å². The minimum atomic E-state index is 0.334. The van der Waals surface area contributed by atoms with Gasteiger partial charge in [-0.3, -0.25) is 4.68 Å². The summed E-state index contributed by atoms with van der Waals surface area (Å²) in [5, 5.41) is 4.25. The van der Waals surface area contributed by atoms with E-state index in [4.69, 9.17) is 10.5 Å². The molecule has 0 aliphatic heterocycles. The maximum absolute atomic E-state index is 5.73. The molecular formula is C11H15N5O. The zero-order chi connectivity index (χ0) is 12.3. The molecule has 0 fully saturated rings. The molecule has 0 amide bonds. The molecule has 2 aromatic heterocycles. The van der Waals surface area contributed by atoms with Crippen molar-refractivity contribution in [3.8, 4) is 17.0 Å². The van der Waals surface area contributed by atoms with Gasteiger partial charge in [0.25, 0.3) is 0 Å². The van der Waals surface area contributed by atoms with Gasteiger partial charge in [0.05, 0.1) is 13.3 Å². The van der Waals surface area contributed by atoms with Crippen molar-refractivity contribution in [2.45, 2.75) is 19.9 Å². The Bertz CT molecular complexity index is 508. The van der Waals surface area contributed by atoms with E-state index in [-0.39, 0.29) is 0 Å². The fraction of sp³-hybridized carbons (Fsp3) is 0.364. The van der Waals surface area contributed by atoms with Crippen LogP contribution in [-0.4, -0.2) is 26.9 Å². The predicted octanol–water partition coefficient (Wildman–Crippen LogP) is 1.34. The molecule has 0 aromatic carbocycles. The summed E-state index contributed by atoms with van der Waals surface area (Å²) in [5.41, 5.74) is 7.28. The third-order valence-corrected chi connectivity index (χ3v) is 2.39. The van der Waals surface area contributed by atoms with Crippen LogP contribution < -0.4 is 10.5 Å². The van der Waals surface area contributed by atoms with Crippen LogP contribution in [0.15, 0.2) is 18.7 Å². The third kappa shape index (κ3) is 2.20. The van der Waals surface area contributed by atoms with E-state index in [0.717, 1.165) is 18.5 Å². The van der Waals surface area contributed by atoms with Crippen LogP contribution in [0.3, 0.4) is 0 Å². The first kappa shape index (κ1) is 11.4. The molecule has 2 aromatic rings. The zero-order valence-electron chi connectivity index (χ0n) is 9.92.